The fourth-order valence-electron chi connectivity index (χ4n) is 4.73. The number of alkyl halides is 3. The minimum Gasteiger partial charge on any atom is -0.356 e. The number of hydrogen-bond acceptors (Lipinski definition) is 5. The van der Waals surface area contributed by atoms with Gasteiger partial charge in [-0.1, -0.05) is 19.3 Å². The lowest BCUT2D eigenvalue weighted by molar-refractivity contribution is -0.144. The van der Waals surface area contributed by atoms with Gasteiger partial charge in [0.25, 0.3) is 0 Å². The molecular weight excluding hydrogens is 379 g/mol. The first-order valence-electron chi connectivity index (χ1n) is 11.2. The number of piperidine rings is 2. The van der Waals surface area contributed by atoms with E-state index >= 15 is 0 Å². The van der Waals surface area contributed by atoms with E-state index in [0.29, 0.717) is 17.6 Å². The van der Waals surface area contributed by atoms with Crippen LogP contribution < -0.4 is 15.1 Å². The summed E-state index contributed by atoms with van der Waals surface area (Å²) in [5.74, 6) is 1.39. The Hall–Kier alpha value is -1.57. The van der Waals surface area contributed by atoms with Crippen LogP contribution in [0.1, 0.15) is 57.2 Å². The third kappa shape index (κ3) is 5.32. The second-order valence-corrected chi connectivity index (χ2v) is 8.80. The number of nitrogens with zero attached hydrogens (tertiary/aromatic N) is 4. The van der Waals surface area contributed by atoms with Crippen molar-refractivity contribution in [2.45, 2.75) is 57.5 Å². The third-order valence-electron chi connectivity index (χ3n) is 6.75. The van der Waals surface area contributed by atoms with Crippen LogP contribution in [-0.4, -0.2) is 49.2 Å². The maximum atomic E-state index is 13.3. The van der Waals surface area contributed by atoms with Gasteiger partial charge in [0.05, 0.1) is 0 Å². The van der Waals surface area contributed by atoms with Gasteiger partial charge in [0.1, 0.15) is 11.6 Å². The quantitative estimate of drug-likeness (QED) is 0.764. The molecule has 0 saturated carbocycles. The van der Waals surface area contributed by atoms with Crippen LogP contribution in [0, 0.1) is 11.8 Å². The Kier molecular flexibility index (Phi) is 6.47. The van der Waals surface area contributed by atoms with Gasteiger partial charge in [0.2, 0.25) is 5.82 Å². The van der Waals surface area contributed by atoms with Gasteiger partial charge in [-0.3, -0.25) is 0 Å². The van der Waals surface area contributed by atoms with Crippen LogP contribution in [0.2, 0.25) is 0 Å². The molecule has 8 heteroatoms. The van der Waals surface area contributed by atoms with Gasteiger partial charge in [0.15, 0.2) is 0 Å². The van der Waals surface area contributed by atoms with Gasteiger partial charge in [-0.25, -0.2) is 9.97 Å². The van der Waals surface area contributed by atoms with E-state index in [1.54, 1.807) is 6.07 Å². The van der Waals surface area contributed by atoms with Gasteiger partial charge in [-0.05, 0) is 57.0 Å². The van der Waals surface area contributed by atoms with Crippen molar-refractivity contribution < 1.29 is 13.2 Å². The van der Waals surface area contributed by atoms with Gasteiger partial charge in [-0.2, -0.15) is 13.2 Å². The maximum Gasteiger partial charge on any atom is 0.451 e. The Morgan fingerprint density at radius 3 is 1.93 bits per heavy atom. The summed E-state index contributed by atoms with van der Waals surface area (Å²) in [6.45, 7) is 5.42. The highest BCUT2D eigenvalue weighted by Crippen LogP contribution is 2.33. The monoisotopic (exact) mass is 411 g/mol. The Bertz CT molecular complexity index is 663. The fourth-order valence-corrected chi connectivity index (χ4v) is 4.73. The number of hydrogen-bond donors (Lipinski definition) is 1. The molecule has 162 valence electrons. The molecule has 0 aromatic carbocycles. The molecule has 29 heavy (non-hydrogen) atoms. The molecule has 0 bridgehead atoms. The number of halogens is 3. The van der Waals surface area contributed by atoms with E-state index in [2.05, 4.69) is 15.3 Å². The average Bonchev–Trinajstić information content (AvgIpc) is 2.67. The van der Waals surface area contributed by atoms with Crippen molar-refractivity contribution in [2.24, 2.45) is 11.8 Å². The summed E-state index contributed by atoms with van der Waals surface area (Å²) in [7, 11) is 0. The average molecular weight is 412 g/mol. The number of aromatic nitrogens is 2. The van der Waals surface area contributed by atoms with Crippen LogP contribution >= 0.6 is 0 Å². The van der Waals surface area contributed by atoms with Crippen LogP contribution in [0.5, 0.6) is 0 Å². The van der Waals surface area contributed by atoms with Crippen molar-refractivity contribution in [3.63, 3.8) is 0 Å². The van der Waals surface area contributed by atoms with Crippen molar-refractivity contribution >= 4 is 11.6 Å². The Balaban J connectivity index is 1.31. The molecule has 0 radical (unpaired) electrons. The van der Waals surface area contributed by atoms with Gasteiger partial charge in [0, 0.05) is 32.2 Å². The molecule has 3 aliphatic rings. The van der Waals surface area contributed by atoms with Gasteiger partial charge in [-0.15, -0.1) is 0 Å². The molecule has 5 nitrogen and oxygen atoms in total. The molecule has 1 aromatic heterocycles. The Morgan fingerprint density at radius 1 is 0.862 bits per heavy atom. The van der Waals surface area contributed by atoms with E-state index in [-0.39, 0.29) is 0 Å². The molecule has 4 rings (SSSR count). The molecule has 1 N–H and O–H groups in total. The third-order valence-corrected chi connectivity index (χ3v) is 6.75. The first-order valence-corrected chi connectivity index (χ1v) is 11.2. The molecule has 3 saturated heterocycles. The van der Waals surface area contributed by atoms with E-state index in [1.807, 2.05) is 9.80 Å². The maximum absolute atomic E-state index is 13.3. The first kappa shape index (κ1) is 20.7. The molecule has 3 aliphatic heterocycles. The normalized spacial score (nSPS) is 22.0. The van der Waals surface area contributed by atoms with Crippen LogP contribution in [0.3, 0.4) is 0 Å². The smallest absolute Gasteiger partial charge is 0.356 e. The SMILES string of the molecule is FC(F)(F)c1nc(N2CCC2)cc(N2CCC(CCCC3CCNCC3)CC2)n1. The molecule has 0 unspecified atom stereocenters. The summed E-state index contributed by atoms with van der Waals surface area (Å²) in [6, 6.07) is 1.74. The molecular formula is C21H32F3N5. The highest BCUT2D eigenvalue weighted by atomic mass is 19.4. The zero-order valence-corrected chi connectivity index (χ0v) is 17.1. The van der Waals surface area contributed by atoms with Crippen LogP contribution in [-0.2, 0) is 6.18 Å². The van der Waals surface area contributed by atoms with Crippen LogP contribution in [0.15, 0.2) is 6.07 Å². The second-order valence-electron chi connectivity index (χ2n) is 8.80. The number of rotatable bonds is 6. The molecule has 3 fully saturated rings. The number of anilines is 2. The van der Waals surface area contributed by atoms with E-state index in [9.17, 15) is 13.2 Å². The minimum absolute atomic E-state index is 0.415. The van der Waals surface area contributed by atoms with Crippen molar-refractivity contribution in [2.75, 3.05) is 49.1 Å². The van der Waals surface area contributed by atoms with Crippen molar-refractivity contribution in [1.29, 1.82) is 0 Å². The Labute approximate surface area is 171 Å². The molecule has 4 heterocycles. The van der Waals surface area contributed by atoms with Crippen molar-refractivity contribution in [3.8, 4) is 0 Å². The van der Waals surface area contributed by atoms with Gasteiger partial charge < -0.3 is 15.1 Å². The molecule has 0 amide bonds. The van der Waals surface area contributed by atoms with Gasteiger partial charge >= 0.3 is 6.18 Å². The zero-order valence-electron chi connectivity index (χ0n) is 17.1. The molecule has 0 atom stereocenters. The minimum atomic E-state index is -4.51. The summed E-state index contributed by atoms with van der Waals surface area (Å²) >= 11 is 0. The lowest BCUT2D eigenvalue weighted by Gasteiger charge is -2.35. The molecule has 1 aromatic rings. The van der Waals surface area contributed by atoms with Crippen LogP contribution in [0.4, 0.5) is 24.8 Å². The predicted octanol–water partition coefficient (Wildman–Crippen LogP) is 4.09. The predicted molar refractivity (Wildman–Crippen MR) is 108 cm³/mol. The summed E-state index contributed by atoms with van der Waals surface area (Å²) in [5.41, 5.74) is 0. The van der Waals surface area contributed by atoms with E-state index in [4.69, 9.17) is 0 Å². The highest BCUT2D eigenvalue weighted by Gasteiger charge is 2.37. The van der Waals surface area contributed by atoms with E-state index in [0.717, 1.165) is 64.4 Å². The van der Waals surface area contributed by atoms with Crippen molar-refractivity contribution in [3.05, 3.63) is 11.9 Å². The second kappa shape index (κ2) is 9.06. The highest BCUT2D eigenvalue weighted by molar-refractivity contribution is 5.52. The standard InChI is InChI=1S/C21H32F3N5/c22-21(23,24)20-26-18(28-11-2-12-28)15-19(27-20)29-13-7-17(8-14-29)4-1-3-16-5-9-25-10-6-16/h15-17,25H,1-14H2. The Morgan fingerprint density at radius 2 is 1.41 bits per heavy atom. The summed E-state index contributed by atoms with van der Waals surface area (Å²) < 4.78 is 39.9. The molecule has 0 spiro atoms. The van der Waals surface area contributed by atoms with E-state index < -0.39 is 12.0 Å². The summed E-state index contributed by atoms with van der Waals surface area (Å²) in [5, 5.41) is 3.42. The van der Waals surface area contributed by atoms with E-state index in [1.165, 1.54) is 32.1 Å². The molecule has 0 aliphatic carbocycles. The van der Waals surface area contributed by atoms with Crippen molar-refractivity contribution in [1.82, 2.24) is 15.3 Å². The summed E-state index contributed by atoms with van der Waals surface area (Å²) in [4.78, 5) is 11.6. The lowest BCUT2D eigenvalue weighted by Crippen LogP contribution is -2.39. The fraction of sp³-hybridized carbons (Fsp3) is 0.810. The largest absolute Gasteiger partial charge is 0.451 e. The lowest BCUT2D eigenvalue weighted by atomic mass is 9.87. The number of nitrogens with one attached hydrogen (secondary N) is 1. The topological polar surface area (TPSA) is 44.3 Å². The summed E-state index contributed by atoms with van der Waals surface area (Å²) in [6.07, 6.45) is 5.01. The zero-order chi connectivity index (χ0) is 20.3. The van der Waals surface area contributed by atoms with Crippen LogP contribution in [0.25, 0.3) is 0 Å². The first-order chi connectivity index (χ1) is 14.0.